The van der Waals surface area contributed by atoms with Gasteiger partial charge in [0.25, 0.3) is 0 Å². The summed E-state index contributed by atoms with van der Waals surface area (Å²) in [6.45, 7) is 2.28. The number of hydrogen-bond donors (Lipinski definition) is 1. The molecule has 1 aromatic rings. The number of hydrogen-bond acceptors (Lipinski definition) is 3. The van der Waals surface area contributed by atoms with Gasteiger partial charge in [-0.3, -0.25) is 4.99 Å². The number of amidine groups is 1. The van der Waals surface area contributed by atoms with E-state index >= 15 is 0 Å². The molecule has 108 valence electrons. The van der Waals surface area contributed by atoms with E-state index in [4.69, 9.17) is 4.99 Å². The maximum atomic E-state index is 13.2. The van der Waals surface area contributed by atoms with E-state index in [1.54, 1.807) is 11.8 Å². The minimum atomic E-state index is -0.834. The predicted octanol–water partition coefficient (Wildman–Crippen LogP) is 4.43. The van der Waals surface area contributed by atoms with Gasteiger partial charge < -0.3 is 5.32 Å². The van der Waals surface area contributed by atoms with Crippen LogP contribution in [0.4, 0.5) is 14.5 Å². The molecule has 1 saturated carbocycles. The van der Waals surface area contributed by atoms with E-state index < -0.39 is 11.6 Å². The summed E-state index contributed by atoms with van der Waals surface area (Å²) in [5.41, 5.74) is 0.611. The molecule has 1 spiro atoms. The molecule has 3 rings (SSSR count). The maximum Gasteiger partial charge on any atom is 0.161 e. The van der Waals surface area contributed by atoms with Gasteiger partial charge in [-0.2, -0.15) is 0 Å². The lowest BCUT2D eigenvalue weighted by Crippen LogP contribution is -2.33. The molecule has 20 heavy (non-hydrogen) atoms. The quantitative estimate of drug-likeness (QED) is 0.829. The molecule has 0 amide bonds. The topological polar surface area (TPSA) is 24.4 Å². The molecule has 1 aromatic carbocycles. The van der Waals surface area contributed by atoms with Crippen LogP contribution in [0.25, 0.3) is 0 Å². The van der Waals surface area contributed by atoms with Gasteiger partial charge in [-0.15, -0.1) is 0 Å². The Kier molecular flexibility index (Phi) is 3.71. The van der Waals surface area contributed by atoms with Gasteiger partial charge in [-0.1, -0.05) is 31.5 Å². The highest BCUT2D eigenvalue weighted by Gasteiger charge is 2.39. The highest BCUT2D eigenvalue weighted by Crippen LogP contribution is 2.42. The molecule has 0 saturated heterocycles. The van der Waals surface area contributed by atoms with Gasteiger partial charge in [0.15, 0.2) is 16.8 Å². The summed E-state index contributed by atoms with van der Waals surface area (Å²) in [6, 6.07) is 3.85. The highest BCUT2D eigenvalue weighted by molar-refractivity contribution is 8.14. The first-order valence-corrected chi connectivity index (χ1v) is 8.00. The van der Waals surface area contributed by atoms with Gasteiger partial charge in [-0.25, -0.2) is 8.78 Å². The molecule has 1 N–H and O–H groups in total. The number of anilines is 1. The van der Waals surface area contributed by atoms with E-state index in [-0.39, 0.29) is 5.54 Å². The van der Waals surface area contributed by atoms with Crippen LogP contribution in [-0.4, -0.2) is 16.5 Å². The van der Waals surface area contributed by atoms with Gasteiger partial charge in [0, 0.05) is 17.5 Å². The molecule has 2 unspecified atom stereocenters. The van der Waals surface area contributed by atoms with Crippen LogP contribution in [-0.2, 0) is 0 Å². The third kappa shape index (κ3) is 2.82. The second-order valence-corrected chi connectivity index (χ2v) is 6.85. The van der Waals surface area contributed by atoms with Crippen molar-refractivity contribution in [2.24, 2.45) is 10.9 Å². The Morgan fingerprint density at radius 2 is 2.20 bits per heavy atom. The molecule has 2 nitrogen and oxygen atoms in total. The zero-order valence-electron chi connectivity index (χ0n) is 11.5. The van der Waals surface area contributed by atoms with Crippen LogP contribution in [0.3, 0.4) is 0 Å². The molecular weight excluding hydrogens is 278 g/mol. The van der Waals surface area contributed by atoms with E-state index in [2.05, 4.69) is 12.2 Å². The van der Waals surface area contributed by atoms with Crippen LogP contribution in [0.1, 0.15) is 32.6 Å². The van der Waals surface area contributed by atoms with E-state index in [0.717, 1.165) is 35.7 Å². The molecule has 1 aliphatic carbocycles. The largest absolute Gasteiger partial charge is 0.335 e. The molecular formula is C15H18F2N2S. The third-order valence-electron chi connectivity index (χ3n) is 4.05. The highest BCUT2D eigenvalue weighted by atomic mass is 32.2. The summed E-state index contributed by atoms with van der Waals surface area (Å²) in [4.78, 5) is 4.83. The van der Waals surface area contributed by atoms with Crippen molar-refractivity contribution in [3.05, 3.63) is 29.8 Å². The molecule has 0 aromatic heterocycles. The lowest BCUT2D eigenvalue weighted by Gasteiger charge is -2.33. The summed E-state index contributed by atoms with van der Waals surface area (Å²) < 4.78 is 26.1. The van der Waals surface area contributed by atoms with Crippen molar-refractivity contribution in [1.82, 2.24) is 0 Å². The minimum absolute atomic E-state index is 0.0588. The molecule has 1 heterocycles. The second kappa shape index (κ2) is 5.35. The smallest absolute Gasteiger partial charge is 0.161 e. The monoisotopic (exact) mass is 296 g/mol. The first-order chi connectivity index (χ1) is 9.56. The Bertz CT molecular complexity index is 547. The third-order valence-corrected chi connectivity index (χ3v) is 5.20. The van der Waals surface area contributed by atoms with Crippen molar-refractivity contribution in [2.75, 3.05) is 11.1 Å². The molecule has 0 radical (unpaired) electrons. The minimum Gasteiger partial charge on any atom is -0.335 e. The number of aliphatic imine (C=N–C) groups is 1. The fourth-order valence-corrected chi connectivity index (χ4v) is 4.29. The van der Waals surface area contributed by atoms with E-state index in [9.17, 15) is 8.78 Å². The Morgan fingerprint density at radius 1 is 1.35 bits per heavy atom. The average molecular weight is 296 g/mol. The molecule has 0 bridgehead atoms. The maximum absolute atomic E-state index is 13.2. The van der Waals surface area contributed by atoms with Gasteiger partial charge >= 0.3 is 0 Å². The lowest BCUT2D eigenvalue weighted by molar-refractivity contribution is 0.266. The van der Waals surface area contributed by atoms with E-state index in [1.165, 1.54) is 25.0 Å². The molecule has 1 fully saturated rings. The van der Waals surface area contributed by atoms with Crippen molar-refractivity contribution in [3.8, 4) is 0 Å². The van der Waals surface area contributed by atoms with Crippen LogP contribution in [0.2, 0.25) is 0 Å². The number of halogens is 2. The van der Waals surface area contributed by atoms with Crippen molar-refractivity contribution in [3.63, 3.8) is 0 Å². The zero-order chi connectivity index (χ0) is 14.2. The fourth-order valence-electron chi connectivity index (χ4n) is 3.11. The van der Waals surface area contributed by atoms with E-state index in [0.29, 0.717) is 5.69 Å². The zero-order valence-corrected chi connectivity index (χ0v) is 12.3. The number of nitrogens with one attached hydrogen (secondary N) is 1. The number of nitrogens with zero attached hydrogens (tertiary/aromatic N) is 1. The van der Waals surface area contributed by atoms with Gasteiger partial charge in [0.2, 0.25) is 0 Å². The Labute approximate surface area is 122 Å². The van der Waals surface area contributed by atoms with Gasteiger partial charge in [0.05, 0.1) is 5.54 Å². The Hall–Kier alpha value is -1.10. The Balaban J connectivity index is 1.73. The second-order valence-electron chi connectivity index (χ2n) is 5.89. The van der Waals surface area contributed by atoms with Crippen LogP contribution in [0, 0.1) is 17.6 Å². The normalized spacial score (nSPS) is 29.6. The SMILES string of the molecule is CC1CCCC2(CSC(Nc3ccc(F)c(F)c3)=N2)C1. The average Bonchev–Trinajstić information content (AvgIpc) is 2.76. The van der Waals surface area contributed by atoms with Crippen molar-refractivity contribution < 1.29 is 8.78 Å². The summed E-state index contributed by atoms with van der Waals surface area (Å²) >= 11 is 1.68. The van der Waals surface area contributed by atoms with Gasteiger partial charge in [0.1, 0.15) is 0 Å². The lowest BCUT2D eigenvalue weighted by atomic mass is 9.78. The molecule has 5 heteroatoms. The fraction of sp³-hybridized carbons (Fsp3) is 0.533. The molecule has 2 aliphatic rings. The molecule has 2 atom stereocenters. The van der Waals surface area contributed by atoms with Crippen molar-refractivity contribution >= 4 is 22.6 Å². The standard InChI is InChI=1S/C15H18F2N2S/c1-10-3-2-6-15(8-10)9-20-14(19-15)18-11-4-5-12(16)13(17)7-11/h4-5,7,10H,2-3,6,8-9H2,1H3,(H,18,19). The first kappa shape index (κ1) is 13.9. The number of thioether (sulfide) groups is 1. The molecule has 1 aliphatic heterocycles. The first-order valence-electron chi connectivity index (χ1n) is 7.01. The number of rotatable bonds is 1. The van der Waals surface area contributed by atoms with Crippen LogP contribution in [0.5, 0.6) is 0 Å². The van der Waals surface area contributed by atoms with Crippen LogP contribution < -0.4 is 5.32 Å². The predicted molar refractivity (Wildman–Crippen MR) is 80.2 cm³/mol. The summed E-state index contributed by atoms with van der Waals surface area (Å²) in [7, 11) is 0. The summed E-state index contributed by atoms with van der Waals surface area (Å²) in [5.74, 6) is 0.0491. The van der Waals surface area contributed by atoms with Crippen molar-refractivity contribution in [2.45, 2.75) is 38.1 Å². The summed E-state index contributed by atoms with van der Waals surface area (Å²) in [6.07, 6.45) is 4.77. The number of benzene rings is 1. The van der Waals surface area contributed by atoms with Crippen LogP contribution >= 0.6 is 11.8 Å². The summed E-state index contributed by atoms with van der Waals surface area (Å²) in [5, 5.41) is 3.93. The van der Waals surface area contributed by atoms with Crippen LogP contribution in [0.15, 0.2) is 23.2 Å². The van der Waals surface area contributed by atoms with E-state index in [1.807, 2.05) is 0 Å². The Morgan fingerprint density at radius 3 is 2.95 bits per heavy atom. The van der Waals surface area contributed by atoms with Crippen molar-refractivity contribution in [1.29, 1.82) is 0 Å². The van der Waals surface area contributed by atoms with Gasteiger partial charge in [-0.05, 0) is 30.9 Å².